The van der Waals surface area contributed by atoms with Gasteiger partial charge in [-0.15, -0.1) is 0 Å². The van der Waals surface area contributed by atoms with Crippen LogP contribution in [0.15, 0.2) is 30.3 Å². The standard InChI is InChI=1S/C25H40N2O4/c1-2-3-4-5-6-7-8-9-10-11-15-18-23(28)26-19-24(29)27-20-25(30)31-21-22-16-13-12-14-17-22/h12-14,16-17H,2-11,15,18-21H2,1H3,(H,26,28)(H,27,29). The molecule has 0 aromatic heterocycles. The van der Waals surface area contributed by atoms with Crippen molar-refractivity contribution in [3.05, 3.63) is 35.9 Å². The molecule has 0 spiro atoms. The predicted molar refractivity (Wildman–Crippen MR) is 123 cm³/mol. The lowest BCUT2D eigenvalue weighted by molar-refractivity contribution is -0.145. The first kappa shape index (κ1) is 26.7. The van der Waals surface area contributed by atoms with Gasteiger partial charge in [0.2, 0.25) is 11.8 Å². The van der Waals surface area contributed by atoms with Crippen LogP contribution in [0, 0.1) is 0 Å². The van der Waals surface area contributed by atoms with Gasteiger partial charge < -0.3 is 15.4 Å². The molecule has 0 radical (unpaired) electrons. The molecule has 0 aliphatic carbocycles. The Balaban J connectivity index is 1.92. The van der Waals surface area contributed by atoms with Crippen molar-refractivity contribution in [1.29, 1.82) is 0 Å². The third kappa shape index (κ3) is 16.0. The zero-order valence-corrected chi connectivity index (χ0v) is 19.1. The Labute approximate surface area is 187 Å². The summed E-state index contributed by atoms with van der Waals surface area (Å²) in [6, 6.07) is 9.33. The largest absolute Gasteiger partial charge is 0.460 e. The number of carbonyl (C=O) groups excluding carboxylic acids is 3. The molecule has 31 heavy (non-hydrogen) atoms. The molecule has 1 aromatic carbocycles. The second-order valence-electron chi connectivity index (χ2n) is 7.99. The van der Waals surface area contributed by atoms with Crippen LogP contribution in [0.25, 0.3) is 0 Å². The fourth-order valence-corrected chi connectivity index (χ4v) is 3.24. The van der Waals surface area contributed by atoms with E-state index in [2.05, 4.69) is 17.6 Å². The number of hydrogen-bond donors (Lipinski definition) is 2. The van der Waals surface area contributed by atoms with Crippen molar-refractivity contribution in [2.24, 2.45) is 0 Å². The normalized spacial score (nSPS) is 10.5. The highest BCUT2D eigenvalue weighted by molar-refractivity contribution is 5.86. The summed E-state index contributed by atoms with van der Waals surface area (Å²) in [4.78, 5) is 35.2. The lowest BCUT2D eigenvalue weighted by atomic mass is 10.1. The van der Waals surface area contributed by atoms with Crippen molar-refractivity contribution >= 4 is 17.8 Å². The van der Waals surface area contributed by atoms with E-state index in [1.165, 1.54) is 51.4 Å². The summed E-state index contributed by atoms with van der Waals surface area (Å²) in [6.07, 6.45) is 14.0. The molecule has 0 fully saturated rings. The molecular formula is C25H40N2O4. The molecule has 0 unspecified atom stereocenters. The highest BCUT2D eigenvalue weighted by Crippen LogP contribution is 2.11. The van der Waals surface area contributed by atoms with Gasteiger partial charge in [0.05, 0.1) is 6.54 Å². The predicted octanol–water partition coefficient (Wildman–Crippen LogP) is 4.66. The summed E-state index contributed by atoms with van der Waals surface area (Å²) in [5.41, 5.74) is 0.886. The van der Waals surface area contributed by atoms with Crippen LogP contribution in [0.5, 0.6) is 0 Å². The highest BCUT2D eigenvalue weighted by atomic mass is 16.5. The minimum Gasteiger partial charge on any atom is -0.460 e. The molecule has 6 heteroatoms. The Morgan fingerprint density at radius 3 is 1.87 bits per heavy atom. The van der Waals surface area contributed by atoms with Crippen LogP contribution < -0.4 is 10.6 Å². The average Bonchev–Trinajstić information content (AvgIpc) is 2.79. The topological polar surface area (TPSA) is 84.5 Å². The third-order valence-corrected chi connectivity index (χ3v) is 5.13. The molecular weight excluding hydrogens is 392 g/mol. The van der Waals surface area contributed by atoms with Gasteiger partial charge in [-0.25, -0.2) is 0 Å². The second-order valence-corrected chi connectivity index (χ2v) is 7.99. The maximum absolute atomic E-state index is 11.8. The van der Waals surface area contributed by atoms with Crippen molar-refractivity contribution in [3.63, 3.8) is 0 Å². The van der Waals surface area contributed by atoms with E-state index >= 15 is 0 Å². The van der Waals surface area contributed by atoms with E-state index in [1.54, 1.807) is 0 Å². The Morgan fingerprint density at radius 1 is 0.710 bits per heavy atom. The number of esters is 1. The maximum Gasteiger partial charge on any atom is 0.325 e. The van der Waals surface area contributed by atoms with E-state index in [0.717, 1.165) is 24.8 Å². The van der Waals surface area contributed by atoms with Gasteiger partial charge in [-0.2, -0.15) is 0 Å². The Morgan fingerprint density at radius 2 is 1.26 bits per heavy atom. The van der Waals surface area contributed by atoms with Gasteiger partial charge >= 0.3 is 5.97 Å². The van der Waals surface area contributed by atoms with Crippen molar-refractivity contribution in [3.8, 4) is 0 Å². The smallest absolute Gasteiger partial charge is 0.325 e. The summed E-state index contributed by atoms with van der Waals surface area (Å²) < 4.78 is 5.09. The van der Waals surface area contributed by atoms with Gasteiger partial charge in [0, 0.05) is 6.42 Å². The molecule has 174 valence electrons. The van der Waals surface area contributed by atoms with E-state index in [1.807, 2.05) is 30.3 Å². The minimum atomic E-state index is -0.510. The molecule has 0 heterocycles. The molecule has 0 saturated carbocycles. The first-order valence-electron chi connectivity index (χ1n) is 11.8. The van der Waals surface area contributed by atoms with E-state index < -0.39 is 11.9 Å². The fraction of sp³-hybridized carbons (Fsp3) is 0.640. The molecule has 0 saturated heterocycles. The number of benzene rings is 1. The monoisotopic (exact) mass is 432 g/mol. The molecule has 0 aliphatic rings. The zero-order valence-electron chi connectivity index (χ0n) is 19.1. The number of rotatable bonds is 18. The van der Waals surface area contributed by atoms with Gasteiger partial charge in [-0.1, -0.05) is 101 Å². The third-order valence-electron chi connectivity index (χ3n) is 5.13. The number of ether oxygens (including phenoxy) is 1. The van der Waals surface area contributed by atoms with Crippen molar-refractivity contribution in [2.75, 3.05) is 13.1 Å². The van der Waals surface area contributed by atoms with E-state index in [4.69, 9.17) is 4.74 Å². The zero-order chi connectivity index (χ0) is 22.6. The van der Waals surface area contributed by atoms with Gasteiger partial charge in [0.25, 0.3) is 0 Å². The molecule has 2 amide bonds. The van der Waals surface area contributed by atoms with Crippen LogP contribution in [0.1, 0.15) is 89.5 Å². The summed E-state index contributed by atoms with van der Waals surface area (Å²) in [6.45, 7) is 2.08. The average molecular weight is 433 g/mol. The minimum absolute atomic E-state index is 0.122. The van der Waals surface area contributed by atoms with E-state index in [-0.39, 0.29) is 25.6 Å². The van der Waals surface area contributed by atoms with Crippen LogP contribution in [0.2, 0.25) is 0 Å². The Hall–Kier alpha value is -2.37. The van der Waals surface area contributed by atoms with Crippen LogP contribution in [0.3, 0.4) is 0 Å². The molecule has 0 bridgehead atoms. The van der Waals surface area contributed by atoms with Crippen LogP contribution in [-0.4, -0.2) is 30.9 Å². The first-order valence-corrected chi connectivity index (χ1v) is 11.8. The number of hydrogen-bond acceptors (Lipinski definition) is 4. The lowest BCUT2D eigenvalue weighted by Gasteiger charge is -2.08. The number of carbonyl (C=O) groups is 3. The molecule has 6 nitrogen and oxygen atoms in total. The summed E-state index contributed by atoms with van der Waals surface area (Å²) in [7, 11) is 0. The van der Waals surface area contributed by atoms with Gasteiger partial charge in [0.15, 0.2) is 0 Å². The molecule has 0 aliphatic heterocycles. The van der Waals surface area contributed by atoms with Crippen molar-refractivity contribution in [1.82, 2.24) is 10.6 Å². The maximum atomic E-state index is 11.8. The van der Waals surface area contributed by atoms with Gasteiger partial charge in [-0.3, -0.25) is 14.4 Å². The molecule has 1 aromatic rings. The fourth-order valence-electron chi connectivity index (χ4n) is 3.24. The van der Waals surface area contributed by atoms with Crippen LogP contribution in [0.4, 0.5) is 0 Å². The SMILES string of the molecule is CCCCCCCCCCCCCC(=O)NCC(=O)NCC(=O)OCc1ccccc1. The summed E-state index contributed by atoms with van der Waals surface area (Å²) >= 11 is 0. The second kappa shape index (κ2) is 18.4. The van der Waals surface area contributed by atoms with Gasteiger partial charge in [-0.05, 0) is 12.0 Å². The van der Waals surface area contributed by atoms with Crippen molar-refractivity contribution < 1.29 is 19.1 Å². The van der Waals surface area contributed by atoms with Crippen LogP contribution >= 0.6 is 0 Å². The number of nitrogens with one attached hydrogen (secondary N) is 2. The summed E-state index contributed by atoms with van der Waals surface area (Å²) in [5.74, 6) is -1.04. The number of amides is 2. The Kier molecular flexibility index (Phi) is 15.8. The van der Waals surface area contributed by atoms with E-state index in [0.29, 0.717) is 6.42 Å². The van der Waals surface area contributed by atoms with Crippen molar-refractivity contribution in [2.45, 2.75) is 90.6 Å². The van der Waals surface area contributed by atoms with Gasteiger partial charge in [0.1, 0.15) is 13.2 Å². The molecule has 0 atom stereocenters. The first-order chi connectivity index (χ1) is 15.1. The quantitative estimate of drug-likeness (QED) is 0.261. The van der Waals surface area contributed by atoms with Crippen LogP contribution in [-0.2, 0) is 25.7 Å². The molecule has 1 rings (SSSR count). The Bertz CT molecular complexity index is 619. The summed E-state index contributed by atoms with van der Waals surface area (Å²) in [5, 5.41) is 5.05. The lowest BCUT2D eigenvalue weighted by Crippen LogP contribution is -2.39. The molecule has 2 N–H and O–H groups in total. The number of unbranched alkanes of at least 4 members (excludes halogenated alkanes) is 10. The highest BCUT2D eigenvalue weighted by Gasteiger charge is 2.08. The van der Waals surface area contributed by atoms with E-state index in [9.17, 15) is 14.4 Å².